The molecule has 0 radical (unpaired) electrons. The maximum Gasteiger partial charge on any atom is 0.294 e. The van der Waals surface area contributed by atoms with Gasteiger partial charge >= 0.3 is 0 Å². The first kappa shape index (κ1) is 14.2. The van der Waals surface area contributed by atoms with E-state index in [0.29, 0.717) is 10.8 Å². The van der Waals surface area contributed by atoms with Crippen molar-refractivity contribution >= 4 is 28.7 Å². The Labute approximate surface area is 111 Å². The SMILES string of the molecule is CCCCNC(=S)NNc1ccccc1[N+](=O)[O-]. The zero-order valence-electron chi connectivity index (χ0n) is 10.1. The molecule has 0 heterocycles. The second-order valence-electron chi connectivity index (χ2n) is 3.63. The normalized spacial score (nSPS) is 9.61. The van der Waals surface area contributed by atoms with Gasteiger partial charge in [0.15, 0.2) is 5.11 Å². The second kappa shape index (κ2) is 7.44. The third kappa shape index (κ3) is 4.54. The zero-order valence-corrected chi connectivity index (χ0v) is 10.9. The highest BCUT2D eigenvalue weighted by molar-refractivity contribution is 7.80. The van der Waals surface area contributed by atoms with Gasteiger partial charge in [0.25, 0.3) is 5.69 Å². The Morgan fingerprint density at radius 2 is 2.17 bits per heavy atom. The molecule has 0 unspecified atom stereocenters. The number of nitro benzene ring substituents is 1. The monoisotopic (exact) mass is 268 g/mol. The van der Waals surface area contributed by atoms with E-state index >= 15 is 0 Å². The summed E-state index contributed by atoms with van der Waals surface area (Å²) in [6.07, 6.45) is 2.10. The lowest BCUT2D eigenvalue weighted by atomic mass is 10.3. The Kier molecular flexibility index (Phi) is 5.86. The number of rotatable bonds is 6. The number of hydrogen-bond acceptors (Lipinski definition) is 4. The van der Waals surface area contributed by atoms with Gasteiger partial charge in [-0.1, -0.05) is 25.5 Å². The summed E-state index contributed by atoms with van der Waals surface area (Å²) in [5.74, 6) is 0. The average Bonchev–Trinajstić information content (AvgIpc) is 2.37. The molecule has 0 aliphatic rings. The van der Waals surface area contributed by atoms with Crippen LogP contribution < -0.4 is 16.2 Å². The molecule has 3 N–H and O–H groups in total. The molecule has 0 fully saturated rings. The number of para-hydroxylation sites is 2. The highest BCUT2D eigenvalue weighted by atomic mass is 32.1. The van der Waals surface area contributed by atoms with E-state index in [0.717, 1.165) is 19.4 Å². The lowest BCUT2D eigenvalue weighted by Crippen LogP contribution is -2.39. The molecule has 0 saturated heterocycles. The molecule has 1 aromatic carbocycles. The third-order valence-electron chi connectivity index (χ3n) is 2.23. The number of unbranched alkanes of at least 4 members (excludes halogenated alkanes) is 1. The molecule has 1 aromatic rings. The van der Waals surface area contributed by atoms with Gasteiger partial charge in [0.05, 0.1) is 4.92 Å². The first-order valence-corrected chi connectivity index (χ1v) is 6.09. The number of hydrogen-bond donors (Lipinski definition) is 3. The predicted octanol–water partition coefficient (Wildman–Crippen LogP) is 2.19. The molecule has 18 heavy (non-hydrogen) atoms. The first-order valence-electron chi connectivity index (χ1n) is 5.68. The number of hydrazine groups is 1. The first-order chi connectivity index (χ1) is 8.65. The fourth-order valence-electron chi connectivity index (χ4n) is 1.29. The number of anilines is 1. The van der Waals surface area contributed by atoms with Crippen molar-refractivity contribution in [3.63, 3.8) is 0 Å². The van der Waals surface area contributed by atoms with Crippen molar-refractivity contribution in [2.75, 3.05) is 12.0 Å². The predicted molar refractivity (Wildman–Crippen MR) is 75.4 cm³/mol. The van der Waals surface area contributed by atoms with E-state index in [1.54, 1.807) is 18.2 Å². The Bertz CT molecular complexity index is 425. The summed E-state index contributed by atoms with van der Waals surface area (Å²) < 4.78 is 0. The van der Waals surface area contributed by atoms with Crippen LogP contribution in [0.15, 0.2) is 24.3 Å². The second-order valence-corrected chi connectivity index (χ2v) is 4.04. The molecule has 0 bridgehead atoms. The van der Waals surface area contributed by atoms with E-state index in [1.165, 1.54) is 6.07 Å². The Balaban J connectivity index is 2.48. The van der Waals surface area contributed by atoms with Gasteiger partial charge in [-0.2, -0.15) is 0 Å². The van der Waals surface area contributed by atoms with Crippen molar-refractivity contribution in [1.82, 2.24) is 10.7 Å². The highest BCUT2D eigenvalue weighted by Crippen LogP contribution is 2.21. The fraction of sp³-hybridized carbons (Fsp3) is 0.364. The van der Waals surface area contributed by atoms with E-state index in [1.807, 2.05) is 0 Å². The fourth-order valence-corrected chi connectivity index (χ4v) is 1.44. The number of thiocarbonyl (C=S) groups is 1. The van der Waals surface area contributed by atoms with Crippen molar-refractivity contribution in [3.8, 4) is 0 Å². The van der Waals surface area contributed by atoms with Gasteiger partial charge in [0.2, 0.25) is 0 Å². The van der Waals surface area contributed by atoms with Crippen LogP contribution in [0.1, 0.15) is 19.8 Å². The lowest BCUT2D eigenvalue weighted by molar-refractivity contribution is -0.384. The number of nitro groups is 1. The topological polar surface area (TPSA) is 79.2 Å². The molecule has 0 spiro atoms. The van der Waals surface area contributed by atoms with Crippen LogP contribution >= 0.6 is 12.2 Å². The van der Waals surface area contributed by atoms with E-state index < -0.39 is 4.92 Å². The Morgan fingerprint density at radius 3 is 2.83 bits per heavy atom. The highest BCUT2D eigenvalue weighted by Gasteiger charge is 2.11. The van der Waals surface area contributed by atoms with Gasteiger partial charge in [-0.25, -0.2) is 0 Å². The summed E-state index contributed by atoms with van der Waals surface area (Å²) in [5.41, 5.74) is 5.82. The van der Waals surface area contributed by atoms with Crippen LogP contribution in [0.5, 0.6) is 0 Å². The van der Waals surface area contributed by atoms with Crippen LogP contribution in [0.4, 0.5) is 11.4 Å². The van der Waals surface area contributed by atoms with Crippen molar-refractivity contribution in [3.05, 3.63) is 34.4 Å². The van der Waals surface area contributed by atoms with Crippen LogP contribution in [0.3, 0.4) is 0 Å². The molecule has 0 amide bonds. The molecule has 0 aliphatic carbocycles. The standard InChI is InChI=1S/C11H16N4O2S/c1-2-3-8-12-11(18)14-13-9-6-4-5-7-10(9)15(16)17/h4-7,13H,2-3,8H2,1H3,(H2,12,14,18). The minimum atomic E-state index is -0.447. The maximum atomic E-state index is 10.8. The van der Waals surface area contributed by atoms with Crippen molar-refractivity contribution in [2.24, 2.45) is 0 Å². The molecule has 1 rings (SSSR count). The van der Waals surface area contributed by atoms with Gasteiger partial charge in [-0.15, -0.1) is 0 Å². The molecule has 0 aromatic heterocycles. The molecule has 0 aliphatic heterocycles. The Morgan fingerprint density at radius 1 is 1.44 bits per heavy atom. The van der Waals surface area contributed by atoms with Crippen LogP contribution in [0, 0.1) is 10.1 Å². The summed E-state index contributed by atoms with van der Waals surface area (Å²) in [7, 11) is 0. The van der Waals surface area contributed by atoms with Gasteiger partial charge < -0.3 is 5.32 Å². The summed E-state index contributed by atoms with van der Waals surface area (Å²) in [6, 6.07) is 6.36. The van der Waals surface area contributed by atoms with Gasteiger partial charge in [-0.3, -0.25) is 21.0 Å². The zero-order chi connectivity index (χ0) is 13.4. The van der Waals surface area contributed by atoms with Gasteiger partial charge in [0, 0.05) is 12.6 Å². The average molecular weight is 268 g/mol. The molecular formula is C11H16N4O2S. The smallest absolute Gasteiger partial charge is 0.294 e. The molecule has 98 valence electrons. The quantitative estimate of drug-likeness (QED) is 0.318. The molecule has 0 saturated carbocycles. The summed E-state index contributed by atoms with van der Waals surface area (Å²) in [5, 5.41) is 14.2. The largest absolute Gasteiger partial charge is 0.361 e. The molecule has 7 heteroatoms. The van der Waals surface area contributed by atoms with Crippen molar-refractivity contribution in [2.45, 2.75) is 19.8 Å². The van der Waals surface area contributed by atoms with Crippen LogP contribution in [-0.4, -0.2) is 16.6 Å². The van der Waals surface area contributed by atoms with Crippen molar-refractivity contribution < 1.29 is 4.92 Å². The van der Waals surface area contributed by atoms with Gasteiger partial charge in [0.1, 0.15) is 5.69 Å². The summed E-state index contributed by atoms with van der Waals surface area (Å²) >= 11 is 5.02. The van der Waals surface area contributed by atoms with Gasteiger partial charge in [-0.05, 0) is 24.7 Å². The number of nitrogens with one attached hydrogen (secondary N) is 3. The minimum absolute atomic E-state index is 0.00126. The lowest BCUT2D eigenvalue weighted by Gasteiger charge is -2.12. The third-order valence-corrected chi connectivity index (χ3v) is 2.47. The van der Waals surface area contributed by atoms with E-state index in [-0.39, 0.29) is 5.69 Å². The molecule has 6 nitrogen and oxygen atoms in total. The maximum absolute atomic E-state index is 10.8. The van der Waals surface area contributed by atoms with Crippen LogP contribution in [0.2, 0.25) is 0 Å². The van der Waals surface area contributed by atoms with Crippen LogP contribution in [0.25, 0.3) is 0 Å². The van der Waals surface area contributed by atoms with E-state index in [9.17, 15) is 10.1 Å². The Hall–Kier alpha value is -1.89. The summed E-state index contributed by atoms with van der Waals surface area (Å²) in [4.78, 5) is 10.3. The van der Waals surface area contributed by atoms with Crippen molar-refractivity contribution in [1.29, 1.82) is 0 Å². The number of benzene rings is 1. The van der Waals surface area contributed by atoms with E-state index in [4.69, 9.17) is 12.2 Å². The molecule has 0 atom stereocenters. The van der Waals surface area contributed by atoms with E-state index in [2.05, 4.69) is 23.1 Å². The molecular weight excluding hydrogens is 252 g/mol. The van der Waals surface area contributed by atoms with Crippen LogP contribution in [-0.2, 0) is 0 Å². The number of nitrogens with zero attached hydrogens (tertiary/aromatic N) is 1. The minimum Gasteiger partial charge on any atom is -0.361 e. The summed E-state index contributed by atoms with van der Waals surface area (Å²) in [6.45, 7) is 2.87.